The van der Waals surface area contributed by atoms with Gasteiger partial charge in [0.2, 0.25) is 0 Å². The van der Waals surface area contributed by atoms with Gasteiger partial charge in [0.1, 0.15) is 0 Å². The zero-order chi connectivity index (χ0) is 8.39. The number of imidazole rings is 1. The summed E-state index contributed by atoms with van der Waals surface area (Å²) in [5.41, 5.74) is 2.69. The second kappa shape index (κ2) is 4.63. The van der Waals surface area contributed by atoms with Crippen molar-refractivity contribution in [2.75, 3.05) is 6.54 Å². The Morgan fingerprint density at radius 2 is 2.46 bits per heavy atom. The van der Waals surface area contributed by atoms with E-state index in [-0.39, 0.29) is 12.4 Å². The molecule has 4 heteroatoms. The van der Waals surface area contributed by atoms with Crippen molar-refractivity contribution in [3.8, 4) is 0 Å². The number of hydrogen-bond acceptors (Lipinski definition) is 2. The third kappa shape index (κ3) is 2.03. The van der Waals surface area contributed by atoms with E-state index in [1.807, 2.05) is 6.33 Å². The molecule has 1 aromatic heterocycles. The van der Waals surface area contributed by atoms with Crippen molar-refractivity contribution in [3.63, 3.8) is 0 Å². The first-order valence-electron chi connectivity index (χ1n) is 4.65. The predicted octanol–water partition coefficient (Wildman–Crippen LogP) is 1.36. The van der Waals surface area contributed by atoms with Gasteiger partial charge in [-0.3, -0.25) is 0 Å². The lowest BCUT2D eigenvalue weighted by molar-refractivity contribution is 0.581. The molecule has 2 heterocycles. The highest BCUT2D eigenvalue weighted by Gasteiger charge is 2.13. The number of aromatic nitrogens is 2. The number of aryl methyl sites for hydroxylation is 1. The molecule has 13 heavy (non-hydrogen) atoms. The molecule has 0 spiro atoms. The van der Waals surface area contributed by atoms with Crippen molar-refractivity contribution >= 4 is 12.4 Å². The minimum atomic E-state index is 0. The number of hydrogen-bond donors (Lipinski definition) is 1. The molecule has 0 radical (unpaired) electrons. The monoisotopic (exact) mass is 201 g/mol. The fraction of sp³-hybridized carbons (Fsp3) is 0.667. The summed E-state index contributed by atoms with van der Waals surface area (Å²) in [5, 5.41) is 3.32. The largest absolute Gasteiger partial charge is 0.334 e. The second-order valence-electron chi connectivity index (χ2n) is 3.26. The lowest BCUT2D eigenvalue weighted by atomic mass is 10.2. The van der Waals surface area contributed by atoms with Gasteiger partial charge in [-0.1, -0.05) is 6.92 Å². The molecule has 0 saturated heterocycles. The summed E-state index contributed by atoms with van der Waals surface area (Å²) >= 11 is 0. The molecule has 0 unspecified atom stereocenters. The van der Waals surface area contributed by atoms with Crippen LogP contribution in [-0.2, 0) is 19.5 Å². The third-order valence-electron chi connectivity index (χ3n) is 2.33. The van der Waals surface area contributed by atoms with Crippen LogP contribution in [0.2, 0.25) is 0 Å². The molecule has 0 atom stereocenters. The molecular weight excluding hydrogens is 186 g/mol. The summed E-state index contributed by atoms with van der Waals surface area (Å²) < 4.78 is 2.29. The molecule has 0 fully saturated rings. The lowest BCUT2D eigenvalue weighted by Crippen LogP contribution is -2.25. The van der Waals surface area contributed by atoms with E-state index in [2.05, 4.69) is 21.8 Å². The minimum absolute atomic E-state index is 0. The number of nitrogens with one attached hydrogen (secondary N) is 1. The maximum absolute atomic E-state index is 4.38. The molecule has 0 aliphatic carbocycles. The van der Waals surface area contributed by atoms with E-state index in [0.717, 1.165) is 26.1 Å². The maximum Gasteiger partial charge on any atom is 0.0952 e. The average molecular weight is 202 g/mol. The first-order chi connectivity index (χ1) is 5.92. The van der Waals surface area contributed by atoms with E-state index in [4.69, 9.17) is 0 Å². The first-order valence-corrected chi connectivity index (χ1v) is 4.65. The summed E-state index contributed by atoms with van der Waals surface area (Å²) in [6.45, 7) is 5.37. The van der Waals surface area contributed by atoms with Gasteiger partial charge in [0.25, 0.3) is 0 Å². The van der Waals surface area contributed by atoms with Crippen LogP contribution in [0.3, 0.4) is 0 Å². The zero-order valence-electron chi connectivity index (χ0n) is 7.92. The van der Waals surface area contributed by atoms with Crippen molar-refractivity contribution in [2.24, 2.45) is 0 Å². The lowest BCUT2D eigenvalue weighted by Gasteiger charge is -2.14. The number of fused-ring (bicyclic) bond motifs is 1. The van der Waals surface area contributed by atoms with E-state index < -0.39 is 0 Å². The van der Waals surface area contributed by atoms with Crippen LogP contribution < -0.4 is 5.32 Å². The smallest absolute Gasteiger partial charge is 0.0952 e. The summed E-state index contributed by atoms with van der Waals surface area (Å²) in [4.78, 5) is 4.38. The fourth-order valence-corrected chi connectivity index (χ4v) is 1.73. The van der Waals surface area contributed by atoms with Gasteiger partial charge in [0.05, 0.1) is 12.0 Å². The summed E-state index contributed by atoms with van der Waals surface area (Å²) in [6, 6.07) is 0. The summed E-state index contributed by atoms with van der Waals surface area (Å²) in [7, 11) is 0. The van der Waals surface area contributed by atoms with E-state index in [1.165, 1.54) is 17.8 Å². The Hall–Kier alpha value is -0.540. The summed E-state index contributed by atoms with van der Waals surface area (Å²) in [5.74, 6) is 0. The fourth-order valence-electron chi connectivity index (χ4n) is 1.73. The van der Waals surface area contributed by atoms with Crippen LogP contribution in [0, 0.1) is 0 Å². The van der Waals surface area contributed by atoms with Gasteiger partial charge in [-0.05, 0) is 6.42 Å². The Kier molecular flexibility index (Phi) is 3.75. The minimum Gasteiger partial charge on any atom is -0.334 e. The summed E-state index contributed by atoms with van der Waals surface area (Å²) in [6.07, 6.45) is 4.30. The standard InChI is InChI=1S/C9H15N3.ClH/c1-2-5-12-7-11-8-6-10-4-3-9(8)12;/h7,10H,2-6H2,1H3;1H. The predicted molar refractivity (Wildman–Crippen MR) is 55.2 cm³/mol. The molecule has 0 bridgehead atoms. The quantitative estimate of drug-likeness (QED) is 0.783. The Balaban J connectivity index is 0.000000845. The Morgan fingerprint density at radius 1 is 1.62 bits per heavy atom. The van der Waals surface area contributed by atoms with Gasteiger partial charge in [-0.15, -0.1) is 12.4 Å². The molecule has 1 aromatic rings. The van der Waals surface area contributed by atoms with Crippen molar-refractivity contribution in [3.05, 3.63) is 17.7 Å². The van der Waals surface area contributed by atoms with Crippen molar-refractivity contribution in [1.29, 1.82) is 0 Å². The number of rotatable bonds is 2. The van der Waals surface area contributed by atoms with Crippen LogP contribution in [0.4, 0.5) is 0 Å². The normalized spacial score (nSPS) is 14.8. The van der Waals surface area contributed by atoms with Crippen LogP contribution >= 0.6 is 12.4 Å². The molecule has 1 aliphatic rings. The second-order valence-corrected chi connectivity index (χ2v) is 3.26. The molecule has 0 amide bonds. The topological polar surface area (TPSA) is 29.9 Å². The van der Waals surface area contributed by atoms with Gasteiger partial charge in [-0.2, -0.15) is 0 Å². The number of nitrogens with zero attached hydrogens (tertiary/aromatic N) is 2. The Bertz CT molecular complexity index is 270. The van der Waals surface area contributed by atoms with Crippen molar-refractivity contribution < 1.29 is 0 Å². The highest BCUT2D eigenvalue weighted by molar-refractivity contribution is 5.85. The highest BCUT2D eigenvalue weighted by atomic mass is 35.5. The van der Waals surface area contributed by atoms with E-state index in [1.54, 1.807) is 0 Å². The van der Waals surface area contributed by atoms with Crippen molar-refractivity contribution in [1.82, 2.24) is 14.9 Å². The van der Waals surface area contributed by atoms with Crippen LogP contribution in [0.1, 0.15) is 24.7 Å². The highest BCUT2D eigenvalue weighted by Crippen LogP contribution is 2.12. The average Bonchev–Trinajstić information content (AvgIpc) is 2.50. The SMILES string of the molecule is CCCn1cnc2c1CCNC2.Cl. The van der Waals surface area contributed by atoms with Crippen LogP contribution in [-0.4, -0.2) is 16.1 Å². The van der Waals surface area contributed by atoms with Gasteiger partial charge in [0, 0.05) is 31.7 Å². The zero-order valence-corrected chi connectivity index (χ0v) is 8.73. The molecule has 2 rings (SSSR count). The number of halogens is 1. The molecule has 0 saturated carbocycles. The van der Waals surface area contributed by atoms with Gasteiger partial charge >= 0.3 is 0 Å². The van der Waals surface area contributed by atoms with Gasteiger partial charge in [-0.25, -0.2) is 4.98 Å². The maximum atomic E-state index is 4.38. The van der Waals surface area contributed by atoms with Crippen LogP contribution in [0.25, 0.3) is 0 Å². The van der Waals surface area contributed by atoms with Crippen LogP contribution in [0.5, 0.6) is 0 Å². The van der Waals surface area contributed by atoms with E-state index >= 15 is 0 Å². The third-order valence-corrected chi connectivity index (χ3v) is 2.33. The molecule has 3 nitrogen and oxygen atoms in total. The van der Waals surface area contributed by atoms with Gasteiger partial charge < -0.3 is 9.88 Å². The first kappa shape index (κ1) is 10.5. The van der Waals surface area contributed by atoms with Crippen molar-refractivity contribution in [2.45, 2.75) is 32.9 Å². The molecule has 1 N–H and O–H groups in total. The van der Waals surface area contributed by atoms with Crippen LogP contribution in [0.15, 0.2) is 6.33 Å². The van der Waals surface area contributed by atoms with Gasteiger partial charge in [0.15, 0.2) is 0 Å². The molecule has 0 aromatic carbocycles. The molecule has 1 aliphatic heterocycles. The Labute approximate surface area is 85.0 Å². The van der Waals surface area contributed by atoms with E-state index in [9.17, 15) is 0 Å². The molecular formula is C9H16ClN3. The van der Waals surface area contributed by atoms with E-state index in [0.29, 0.717) is 0 Å². The molecule has 74 valence electrons. The Morgan fingerprint density at radius 3 is 3.23 bits per heavy atom.